The molecule has 4 aromatic rings. The lowest BCUT2D eigenvalue weighted by Gasteiger charge is -2.13. The van der Waals surface area contributed by atoms with Gasteiger partial charge in [-0.3, -0.25) is 0 Å². The van der Waals surface area contributed by atoms with Crippen LogP contribution in [-0.4, -0.2) is 0 Å². The third-order valence-electron chi connectivity index (χ3n) is 7.82. The number of benzene rings is 4. The molecular weight excluding hydrogens is 432 g/mol. The normalized spacial score (nSPS) is 11.5. The summed E-state index contributed by atoms with van der Waals surface area (Å²) in [6.45, 7) is 4.58. The van der Waals surface area contributed by atoms with Gasteiger partial charge in [-0.25, -0.2) is 0 Å². The molecule has 0 amide bonds. The number of rotatable bonds is 15. The first kappa shape index (κ1) is 26.5. The molecule has 0 fully saturated rings. The molecule has 0 heteroatoms. The summed E-state index contributed by atoms with van der Waals surface area (Å²) >= 11 is 0. The number of hydrogen-bond donors (Lipinski definition) is 0. The van der Waals surface area contributed by atoms with Crippen molar-refractivity contribution in [3.63, 3.8) is 0 Å². The van der Waals surface area contributed by atoms with Crippen LogP contribution < -0.4 is 0 Å². The van der Waals surface area contributed by atoms with Crippen molar-refractivity contribution < 1.29 is 0 Å². The van der Waals surface area contributed by atoms with Crippen molar-refractivity contribution >= 4 is 21.5 Å². The Balaban J connectivity index is 1.47. The molecule has 0 aliphatic rings. The Morgan fingerprint density at radius 2 is 0.833 bits per heavy atom. The van der Waals surface area contributed by atoms with E-state index >= 15 is 0 Å². The van der Waals surface area contributed by atoms with Crippen molar-refractivity contribution in [2.45, 2.75) is 104 Å². The van der Waals surface area contributed by atoms with E-state index in [2.05, 4.69) is 86.6 Å². The van der Waals surface area contributed by atoms with E-state index < -0.39 is 0 Å². The molecule has 0 atom stereocenters. The lowest BCUT2D eigenvalue weighted by atomic mass is 9.92. The van der Waals surface area contributed by atoms with Crippen LogP contribution in [0.1, 0.15) is 102 Å². The second kappa shape index (κ2) is 14.2. The molecule has 0 aliphatic heterocycles. The van der Waals surface area contributed by atoms with Crippen LogP contribution in [-0.2, 0) is 12.8 Å². The largest absolute Gasteiger partial charge is 0.0654 e. The van der Waals surface area contributed by atoms with E-state index in [0.29, 0.717) is 0 Å². The molecule has 4 rings (SSSR count). The second-order valence-corrected chi connectivity index (χ2v) is 10.8. The maximum atomic E-state index is 2.43. The fourth-order valence-corrected chi connectivity index (χ4v) is 5.67. The van der Waals surface area contributed by atoms with Crippen molar-refractivity contribution in [1.29, 1.82) is 0 Å². The third kappa shape index (κ3) is 7.22. The standard InChI is InChI=1S/C36H46/c1-3-5-7-9-11-13-17-29-23-25-33-31(27-29)19-15-21-35(33)36-22-16-20-32-28-30(24-26-34(32)36)18-14-12-10-8-6-4-2/h15-16,19-28H,3-14,17-18H2,1-2H3. The third-order valence-corrected chi connectivity index (χ3v) is 7.82. The molecule has 0 N–H and O–H groups in total. The van der Waals surface area contributed by atoms with Gasteiger partial charge < -0.3 is 0 Å². The van der Waals surface area contributed by atoms with Crippen LogP contribution in [0.3, 0.4) is 0 Å². The SMILES string of the molecule is CCCCCCCCc1ccc2c(-c3cccc4cc(CCCCCCCC)ccc34)cccc2c1. The van der Waals surface area contributed by atoms with Gasteiger partial charge in [-0.15, -0.1) is 0 Å². The van der Waals surface area contributed by atoms with Gasteiger partial charge in [-0.2, -0.15) is 0 Å². The number of unbranched alkanes of at least 4 members (excludes halogenated alkanes) is 10. The van der Waals surface area contributed by atoms with Crippen molar-refractivity contribution in [2.75, 3.05) is 0 Å². The molecule has 0 aromatic heterocycles. The molecule has 0 saturated heterocycles. The van der Waals surface area contributed by atoms with E-state index in [1.54, 1.807) is 0 Å². The van der Waals surface area contributed by atoms with E-state index in [1.807, 2.05) is 0 Å². The average molecular weight is 479 g/mol. The smallest absolute Gasteiger partial charge is 0.00992 e. The topological polar surface area (TPSA) is 0 Å². The highest BCUT2D eigenvalue weighted by Gasteiger charge is 2.09. The predicted octanol–water partition coefficient (Wildman–Crippen LogP) is 11.5. The van der Waals surface area contributed by atoms with Crippen LogP contribution in [0.5, 0.6) is 0 Å². The summed E-state index contributed by atoms with van der Waals surface area (Å²) in [5.74, 6) is 0. The monoisotopic (exact) mass is 478 g/mol. The minimum atomic E-state index is 1.20. The van der Waals surface area contributed by atoms with Gasteiger partial charge in [0.15, 0.2) is 0 Å². The Kier molecular flexibility index (Phi) is 10.5. The molecular formula is C36H46. The molecule has 0 radical (unpaired) electrons. The maximum Gasteiger partial charge on any atom is -0.00992 e. The van der Waals surface area contributed by atoms with Gasteiger partial charge in [0.1, 0.15) is 0 Å². The molecule has 4 aromatic carbocycles. The van der Waals surface area contributed by atoms with Gasteiger partial charge in [0.05, 0.1) is 0 Å². The van der Waals surface area contributed by atoms with Crippen LogP contribution in [0, 0.1) is 0 Å². The summed E-state index contributed by atoms with van der Waals surface area (Å²) in [4.78, 5) is 0. The lowest BCUT2D eigenvalue weighted by Crippen LogP contribution is -1.90. The maximum absolute atomic E-state index is 2.43. The Bertz CT molecular complexity index is 1120. The first-order valence-electron chi connectivity index (χ1n) is 14.8. The van der Waals surface area contributed by atoms with E-state index in [-0.39, 0.29) is 0 Å². The molecule has 0 saturated carbocycles. The van der Waals surface area contributed by atoms with E-state index in [9.17, 15) is 0 Å². The van der Waals surface area contributed by atoms with Crippen molar-refractivity contribution in [2.24, 2.45) is 0 Å². The fourth-order valence-electron chi connectivity index (χ4n) is 5.67. The van der Waals surface area contributed by atoms with Crippen LogP contribution in [0.2, 0.25) is 0 Å². The number of fused-ring (bicyclic) bond motifs is 2. The quantitative estimate of drug-likeness (QED) is 0.149. The number of hydrogen-bond acceptors (Lipinski definition) is 0. The minimum absolute atomic E-state index is 1.20. The van der Waals surface area contributed by atoms with E-state index in [1.165, 1.54) is 134 Å². The minimum Gasteiger partial charge on any atom is -0.0654 e. The highest BCUT2D eigenvalue weighted by atomic mass is 14.1. The highest BCUT2D eigenvalue weighted by Crippen LogP contribution is 2.35. The molecule has 0 bridgehead atoms. The second-order valence-electron chi connectivity index (χ2n) is 10.8. The summed E-state index contributed by atoms with van der Waals surface area (Å²) in [7, 11) is 0. The van der Waals surface area contributed by atoms with Gasteiger partial charge in [0.25, 0.3) is 0 Å². The highest BCUT2D eigenvalue weighted by molar-refractivity contribution is 6.05. The Labute approximate surface area is 220 Å². The lowest BCUT2D eigenvalue weighted by molar-refractivity contribution is 0.607. The van der Waals surface area contributed by atoms with Crippen LogP contribution in [0.4, 0.5) is 0 Å². The van der Waals surface area contributed by atoms with E-state index in [0.717, 1.165) is 0 Å². The van der Waals surface area contributed by atoms with Gasteiger partial charge in [-0.1, -0.05) is 151 Å². The molecule has 190 valence electrons. The first-order chi connectivity index (χ1) is 17.8. The van der Waals surface area contributed by atoms with Gasteiger partial charge in [0.2, 0.25) is 0 Å². The summed E-state index contributed by atoms with van der Waals surface area (Å²) < 4.78 is 0. The summed E-state index contributed by atoms with van der Waals surface area (Å²) in [6.07, 6.45) is 18.7. The summed E-state index contributed by atoms with van der Waals surface area (Å²) in [6, 6.07) is 27.9. The van der Waals surface area contributed by atoms with Gasteiger partial charge in [0, 0.05) is 0 Å². The molecule has 0 spiro atoms. The zero-order valence-corrected chi connectivity index (χ0v) is 22.8. The van der Waals surface area contributed by atoms with E-state index in [4.69, 9.17) is 0 Å². The molecule has 36 heavy (non-hydrogen) atoms. The average Bonchev–Trinajstić information content (AvgIpc) is 2.91. The summed E-state index contributed by atoms with van der Waals surface area (Å²) in [5, 5.41) is 5.47. The fraction of sp³-hybridized carbons (Fsp3) is 0.444. The Morgan fingerprint density at radius 3 is 1.28 bits per heavy atom. The number of aryl methyl sites for hydroxylation is 2. The molecule has 0 nitrogen and oxygen atoms in total. The van der Waals surface area contributed by atoms with Crippen molar-refractivity contribution in [3.8, 4) is 11.1 Å². The van der Waals surface area contributed by atoms with Crippen molar-refractivity contribution in [1.82, 2.24) is 0 Å². The Hall–Kier alpha value is -2.60. The van der Waals surface area contributed by atoms with Gasteiger partial charge >= 0.3 is 0 Å². The van der Waals surface area contributed by atoms with Crippen LogP contribution in [0.25, 0.3) is 32.7 Å². The summed E-state index contributed by atoms with van der Waals surface area (Å²) in [5.41, 5.74) is 5.67. The van der Waals surface area contributed by atoms with Crippen LogP contribution >= 0.6 is 0 Å². The molecule has 0 unspecified atom stereocenters. The zero-order valence-electron chi connectivity index (χ0n) is 22.8. The molecule has 0 heterocycles. The van der Waals surface area contributed by atoms with Crippen LogP contribution in [0.15, 0.2) is 72.8 Å². The van der Waals surface area contributed by atoms with Gasteiger partial charge in [-0.05, 0) is 69.5 Å². The predicted molar refractivity (Wildman–Crippen MR) is 161 cm³/mol. The molecule has 0 aliphatic carbocycles. The van der Waals surface area contributed by atoms with Crippen molar-refractivity contribution in [3.05, 3.63) is 83.9 Å². The Morgan fingerprint density at radius 1 is 0.417 bits per heavy atom. The zero-order chi connectivity index (χ0) is 25.0. The first-order valence-corrected chi connectivity index (χ1v) is 14.8.